The summed E-state index contributed by atoms with van der Waals surface area (Å²) in [4.78, 5) is 33.3. The molecule has 0 aliphatic carbocycles. The van der Waals surface area contributed by atoms with E-state index in [2.05, 4.69) is 10.3 Å². The summed E-state index contributed by atoms with van der Waals surface area (Å²) in [5.41, 5.74) is 1.64. The summed E-state index contributed by atoms with van der Waals surface area (Å²) in [6.45, 7) is 2.33. The van der Waals surface area contributed by atoms with Crippen molar-refractivity contribution in [2.24, 2.45) is 0 Å². The van der Waals surface area contributed by atoms with E-state index in [0.29, 0.717) is 44.4 Å². The van der Waals surface area contributed by atoms with Crippen LogP contribution in [0.1, 0.15) is 10.6 Å². The van der Waals surface area contributed by atoms with Gasteiger partial charge in [-0.2, -0.15) is 0 Å². The highest BCUT2D eigenvalue weighted by atomic mass is 16.3. The summed E-state index contributed by atoms with van der Waals surface area (Å²) in [5.74, 6) is 0.679. The highest BCUT2D eigenvalue weighted by Crippen LogP contribution is 2.20. The number of piperazine rings is 1. The molecule has 9 nitrogen and oxygen atoms in total. The lowest BCUT2D eigenvalue weighted by Gasteiger charge is -2.34. The molecular formula is C20H23N5O4. The Balaban J connectivity index is 1.43. The number of benzene rings is 1. The molecule has 1 fully saturated rings. The molecule has 3 heterocycles. The normalized spacial score (nSPS) is 14.4. The molecule has 2 N–H and O–H groups in total. The van der Waals surface area contributed by atoms with Crippen LogP contribution in [0.5, 0.6) is 0 Å². The van der Waals surface area contributed by atoms with E-state index in [0.717, 1.165) is 11.0 Å². The maximum atomic E-state index is 12.9. The molecular weight excluding hydrogens is 374 g/mol. The number of nitrogens with zero attached hydrogens (tertiary/aromatic N) is 4. The molecule has 1 saturated heterocycles. The topological polar surface area (TPSA) is 104 Å². The number of hydrogen-bond donors (Lipinski definition) is 2. The molecule has 29 heavy (non-hydrogen) atoms. The lowest BCUT2D eigenvalue weighted by atomic mass is 10.2. The van der Waals surface area contributed by atoms with Crippen LogP contribution in [0.4, 0.5) is 5.95 Å². The molecule has 2 aromatic heterocycles. The fourth-order valence-electron chi connectivity index (χ4n) is 3.49. The van der Waals surface area contributed by atoms with Gasteiger partial charge in [0.15, 0.2) is 5.76 Å². The molecule has 2 amide bonds. The van der Waals surface area contributed by atoms with E-state index in [1.807, 2.05) is 28.8 Å². The predicted octanol–water partition coefficient (Wildman–Crippen LogP) is 1.02. The Morgan fingerprint density at radius 3 is 2.55 bits per heavy atom. The van der Waals surface area contributed by atoms with Crippen molar-refractivity contribution < 1.29 is 19.1 Å². The van der Waals surface area contributed by atoms with Crippen molar-refractivity contribution in [2.75, 3.05) is 44.6 Å². The number of aliphatic hydroxyl groups is 1. The Bertz CT molecular complexity index is 990. The maximum Gasteiger partial charge on any atom is 0.289 e. The summed E-state index contributed by atoms with van der Waals surface area (Å²) in [6, 6.07) is 10.9. The van der Waals surface area contributed by atoms with Crippen molar-refractivity contribution in [3.63, 3.8) is 0 Å². The van der Waals surface area contributed by atoms with Crippen LogP contribution in [0.15, 0.2) is 47.1 Å². The van der Waals surface area contributed by atoms with Gasteiger partial charge < -0.3 is 29.2 Å². The number of para-hydroxylation sites is 2. The van der Waals surface area contributed by atoms with Crippen molar-refractivity contribution in [3.05, 3.63) is 48.4 Å². The predicted molar refractivity (Wildman–Crippen MR) is 107 cm³/mol. The Morgan fingerprint density at radius 2 is 1.83 bits per heavy atom. The van der Waals surface area contributed by atoms with Crippen molar-refractivity contribution in [1.82, 2.24) is 19.4 Å². The van der Waals surface area contributed by atoms with Gasteiger partial charge in [-0.15, -0.1) is 0 Å². The number of aliphatic hydroxyl groups excluding tert-OH is 1. The van der Waals surface area contributed by atoms with Gasteiger partial charge in [-0.3, -0.25) is 9.59 Å². The minimum Gasteiger partial charge on any atom is -0.459 e. The summed E-state index contributed by atoms with van der Waals surface area (Å²) < 4.78 is 7.00. The quantitative estimate of drug-likeness (QED) is 0.644. The lowest BCUT2D eigenvalue weighted by Crippen LogP contribution is -2.51. The van der Waals surface area contributed by atoms with Crippen molar-refractivity contribution in [1.29, 1.82) is 0 Å². The van der Waals surface area contributed by atoms with Crippen molar-refractivity contribution in [3.8, 4) is 0 Å². The van der Waals surface area contributed by atoms with Crippen LogP contribution < -0.4 is 5.32 Å². The molecule has 4 rings (SSSR count). The van der Waals surface area contributed by atoms with Crippen LogP contribution in [0.3, 0.4) is 0 Å². The summed E-state index contributed by atoms with van der Waals surface area (Å²) >= 11 is 0. The first-order chi connectivity index (χ1) is 14.2. The van der Waals surface area contributed by atoms with Gasteiger partial charge in [-0.1, -0.05) is 12.1 Å². The monoisotopic (exact) mass is 397 g/mol. The highest BCUT2D eigenvalue weighted by Gasteiger charge is 2.26. The third kappa shape index (κ3) is 3.95. The van der Waals surface area contributed by atoms with Gasteiger partial charge >= 0.3 is 0 Å². The number of aromatic nitrogens is 2. The van der Waals surface area contributed by atoms with Crippen LogP contribution in [-0.2, 0) is 11.3 Å². The molecule has 0 atom stereocenters. The first-order valence-corrected chi connectivity index (χ1v) is 9.58. The molecule has 1 aliphatic rings. The first kappa shape index (κ1) is 19.0. The SMILES string of the molecule is O=C(Cn1c(NCCO)nc2ccccc21)N1CCN(C(=O)c2ccco2)CC1. The molecule has 0 radical (unpaired) electrons. The molecule has 9 heteroatoms. The number of amides is 2. The number of imidazole rings is 1. The molecule has 0 unspecified atom stereocenters. The minimum atomic E-state index is -0.154. The number of carbonyl (C=O) groups excluding carboxylic acids is 2. The second kappa shape index (κ2) is 8.36. The van der Waals surface area contributed by atoms with E-state index < -0.39 is 0 Å². The van der Waals surface area contributed by atoms with Gasteiger partial charge in [0.05, 0.1) is 23.9 Å². The largest absolute Gasteiger partial charge is 0.459 e. The number of hydrogen-bond acceptors (Lipinski definition) is 6. The van der Waals surface area contributed by atoms with Crippen LogP contribution >= 0.6 is 0 Å². The van der Waals surface area contributed by atoms with E-state index in [4.69, 9.17) is 9.52 Å². The third-order valence-electron chi connectivity index (χ3n) is 4.99. The van der Waals surface area contributed by atoms with E-state index in [-0.39, 0.29) is 25.0 Å². The van der Waals surface area contributed by atoms with Gasteiger partial charge in [0.25, 0.3) is 5.91 Å². The Labute approximate surface area is 167 Å². The Morgan fingerprint density at radius 1 is 1.07 bits per heavy atom. The molecule has 1 aromatic carbocycles. The smallest absolute Gasteiger partial charge is 0.289 e. The van der Waals surface area contributed by atoms with Gasteiger partial charge in [0.1, 0.15) is 6.54 Å². The summed E-state index contributed by atoms with van der Waals surface area (Å²) in [5, 5.41) is 12.2. The number of rotatable bonds is 6. The summed E-state index contributed by atoms with van der Waals surface area (Å²) in [6.07, 6.45) is 1.48. The zero-order chi connectivity index (χ0) is 20.2. The number of carbonyl (C=O) groups is 2. The number of furan rings is 1. The number of anilines is 1. The average molecular weight is 397 g/mol. The van der Waals surface area contributed by atoms with E-state index >= 15 is 0 Å². The van der Waals surface area contributed by atoms with Gasteiger partial charge in [0.2, 0.25) is 11.9 Å². The van der Waals surface area contributed by atoms with Gasteiger partial charge in [-0.05, 0) is 24.3 Å². The molecule has 1 aliphatic heterocycles. The van der Waals surface area contributed by atoms with E-state index in [1.165, 1.54) is 6.26 Å². The Kier molecular flexibility index (Phi) is 5.48. The fourth-order valence-corrected chi connectivity index (χ4v) is 3.49. The second-order valence-corrected chi connectivity index (χ2v) is 6.81. The van der Waals surface area contributed by atoms with Crippen LogP contribution in [-0.4, -0.2) is 75.6 Å². The zero-order valence-electron chi connectivity index (χ0n) is 16.0. The van der Waals surface area contributed by atoms with Crippen molar-refractivity contribution in [2.45, 2.75) is 6.54 Å². The van der Waals surface area contributed by atoms with E-state index in [9.17, 15) is 9.59 Å². The lowest BCUT2D eigenvalue weighted by molar-refractivity contribution is -0.133. The van der Waals surface area contributed by atoms with Gasteiger partial charge in [0, 0.05) is 32.7 Å². The summed E-state index contributed by atoms with van der Waals surface area (Å²) in [7, 11) is 0. The first-order valence-electron chi connectivity index (χ1n) is 9.58. The molecule has 0 spiro atoms. The average Bonchev–Trinajstić information content (AvgIpc) is 3.40. The maximum absolute atomic E-state index is 12.9. The Hall–Kier alpha value is -3.33. The second-order valence-electron chi connectivity index (χ2n) is 6.81. The standard InChI is InChI=1S/C20H23N5O4/c26-12-7-21-20-22-15-4-1-2-5-16(15)25(20)14-18(27)23-8-10-24(11-9-23)19(28)17-6-3-13-29-17/h1-6,13,26H,7-12,14H2,(H,21,22). The molecule has 0 saturated carbocycles. The van der Waals surface area contributed by atoms with Gasteiger partial charge in [-0.25, -0.2) is 4.98 Å². The van der Waals surface area contributed by atoms with Crippen LogP contribution in [0.25, 0.3) is 11.0 Å². The zero-order valence-corrected chi connectivity index (χ0v) is 16.0. The van der Waals surface area contributed by atoms with Crippen LogP contribution in [0.2, 0.25) is 0 Å². The highest BCUT2D eigenvalue weighted by molar-refractivity contribution is 5.91. The number of nitrogens with one attached hydrogen (secondary N) is 1. The molecule has 3 aromatic rings. The fraction of sp³-hybridized carbons (Fsp3) is 0.350. The van der Waals surface area contributed by atoms with E-state index in [1.54, 1.807) is 21.9 Å². The van der Waals surface area contributed by atoms with Crippen molar-refractivity contribution >= 4 is 28.8 Å². The molecule has 152 valence electrons. The van der Waals surface area contributed by atoms with Crippen LogP contribution in [0, 0.1) is 0 Å². The third-order valence-corrected chi connectivity index (χ3v) is 4.99. The molecule has 0 bridgehead atoms. The number of fused-ring (bicyclic) bond motifs is 1. The minimum absolute atomic E-state index is 0.0250.